The molecule has 0 aromatic rings. The van der Waals surface area contributed by atoms with Gasteiger partial charge in [-0.2, -0.15) is 0 Å². The van der Waals surface area contributed by atoms with Gasteiger partial charge in [0.15, 0.2) is 0 Å². The van der Waals surface area contributed by atoms with E-state index in [-0.39, 0.29) is 5.97 Å². The number of methoxy groups -OCH3 is 1. The number of carbonyl (C=O) groups excluding carboxylic acids is 1. The van der Waals surface area contributed by atoms with Crippen molar-refractivity contribution in [1.29, 1.82) is 0 Å². The Hall–Kier alpha value is -0.990. The molecule has 0 amide bonds. The van der Waals surface area contributed by atoms with Gasteiger partial charge in [-0.05, 0) is 6.42 Å². The Morgan fingerprint density at radius 1 is 1.55 bits per heavy atom. The number of allylic oxidation sites excluding steroid dienone is 1. The lowest BCUT2D eigenvalue weighted by atomic mass is 10.3. The second-order valence-corrected chi connectivity index (χ2v) is 2.38. The van der Waals surface area contributed by atoms with Crippen molar-refractivity contribution in [1.82, 2.24) is 4.90 Å². The Kier molecular flexibility index (Phi) is 4.34. The third-order valence-electron chi connectivity index (χ3n) is 1.27. The quantitative estimate of drug-likeness (QED) is 0.452. The van der Waals surface area contributed by atoms with Gasteiger partial charge >= 0.3 is 5.97 Å². The van der Waals surface area contributed by atoms with E-state index in [4.69, 9.17) is 0 Å². The van der Waals surface area contributed by atoms with E-state index < -0.39 is 0 Å². The number of likely N-dealkylation sites (N-methyl/N-ethyl adjacent to an activating group) is 1. The van der Waals surface area contributed by atoms with Crippen LogP contribution in [-0.4, -0.2) is 32.1 Å². The molecule has 0 aliphatic heterocycles. The Bertz CT molecular complexity index is 161. The van der Waals surface area contributed by atoms with Crippen LogP contribution in [0.1, 0.15) is 13.3 Å². The van der Waals surface area contributed by atoms with E-state index >= 15 is 0 Å². The normalized spacial score (nSPS) is 11.1. The van der Waals surface area contributed by atoms with Crippen LogP contribution in [0.4, 0.5) is 0 Å². The highest BCUT2D eigenvalue weighted by Gasteiger charge is 2.09. The molecule has 0 saturated heterocycles. The summed E-state index contributed by atoms with van der Waals surface area (Å²) in [6.07, 6.45) is 2.68. The lowest BCUT2D eigenvalue weighted by Crippen LogP contribution is -2.20. The first-order chi connectivity index (χ1) is 5.13. The number of carbonyl (C=O) groups is 1. The van der Waals surface area contributed by atoms with Crippen LogP contribution in [0.5, 0.6) is 0 Å². The van der Waals surface area contributed by atoms with Crippen LogP contribution in [0.2, 0.25) is 0 Å². The van der Waals surface area contributed by atoms with Gasteiger partial charge < -0.3 is 9.64 Å². The molecule has 0 fully saturated rings. The van der Waals surface area contributed by atoms with E-state index in [0.29, 0.717) is 5.70 Å². The van der Waals surface area contributed by atoms with Crippen molar-refractivity contribution in [3.8, 4) is 0 Å². The highest BCUT2D eigenvalue weighted by atomic mass is 16.5. The Morgan fingerprint density at radius 3 is 2.36 bits per heavy atom. The third-order valence-corrected chi connectivity index (χ3v) is 1.27. The number of hydrogen-bond donors (Lipinski definition) is 0. The van der Waals surface area contributed by atoms with Crippen molar-refractivity contribution in [2.24, 2.45) is 0 Å². The van der Waals surface area contributed by atoms with Crippen molar-refractivity contribution in [3.63, 3.8) is 0 Å². The molecule has 64 valence electrons. The number of esters is 1. The first kappa shape index (κ1) is 10.0. The number of rotatable bonds is 3. The molecule has 3 heteroatoms. The van der Waals surface area contributed by atoms with Crippen molar-refractivity contribution >= 4 is 5.97 Å². The molecule has 0 saturated carbocycles. The molecule has 0 aliphatic carbocycles. The van der Waals surface area contributed by atoms with Gasteiger partial charge in [0.1, 0.15) is 5.70 Å². The number of nitrogens with zero attached hydrogens (tertiary/aromatic N) is 1. The maximum absolute atomic E-state index is 11.0. The summed E-state index contributed by atoms with van der Waals surface area (Å²) in [6.45, 7) is 1.98. The minimum absolute atomic E-state index is 0.281. The second kappa shape index (κ2) is 4.77. The molecule has 0 heterocycles. The predicted octanol–water partition coefficient (Wildman–Crippen LogP) is 1.01. The summed E-state index contributed by atoms with van der Waals surface area (Å²) in [4.78, 5) is 12.8. The lowest BCUT2D eigenvalue weighted by Gasteiger charge is -2.14. The molecule has 0 aromatic heterocycles. The fraction of sp³-hybridized carbons (Fsp3) is 0.625. The Labute approximate surface area is 67.6 Å². The molecule has 11 heavy (non-hydrogen) atoms. The molecule has 0 unspecified atom stereocenters. The van der Waals surface area contributed by atoms with Crippen LogP contribution in [0.25, 0.3) is 0 Å². The van der Waals surface area contributed by atoms with Crippen molar-refractivity contribution in [3.05, 3.63) is 11.8 Å². The van der Waals surface area contributed by atoms with Crippen molar-refractivity contribution in [2.75, 3.05) is 21.2 Å². The molecule has 0 aliphatic rings. The molecule has 3 nitrogen and oxygen atoms in total. The van der Waals surface area contributed by atoms with Crippen LogP contribution in [0.15, 0.2) is 11.8 Å². The van der Waals surface area contributed by atoms with E-state index in [0.717, 1.165) is 6.42 Å². The first-order valence-corrected chi connectivity index (χ1v) is 3.59. The molecule has 0 bridgehead atoms. The standard InChI is InChI=1S/C8H15NO2/c1-5-6-7(9(2)3)8(10)11-4/h6H,5H2,1-4H3/b7-6-. The summed E-state index contributed by atoms with van der Waals surface area (Å²) in [6, 6.07) is 0. The minimum atomic E-state index is -0.281. The van der Waals surface area contributed by atoms with E-state index in [1.807, 2.05) is 27.1 Å². The fourth-order valence-electron chi connectivity index (χ4n) is 0.746. The monoisotopic (exact) mass is 157 g/mol. The van der Waals surface area contributed by atoms with Gasteiger partial charge in [0.2, 0.25) is 0 Å². The fourth-order valence-corrected chi connectivity index (χ4v) is 0.746. The molecule has 0 aromatic carbocycles. The van der Waals surface area contributed by atoms with Crippen LogP contribution < -0.4 is 0 Å². The molecule has 0 radical (unpaired) electrons. The zero-order valence-corrected chi connectivity index (χ0v) is 7.55. The summed E-state index contributed by atoms with van der Waals surface area (Å²) < 4.78 is 4.58. The van der Waals surface area contributed by atoms with Gasteiger partial charge in [-0.1, -0.05) is 13.0 Å². The highest BCUT2D eigenvalue weighted by Crippen LogP contribution is 2.01. The zero-order chi connectivity index (χ0) is 8.85. The maximum Gasteiger partial charge on any atom is 0.353 e. The maximum atomic E-state index is 11.0. The number of hydrogen-bond acceptors (Lipinski definition) is 3. The SMILES string of the molecule is CC/C=C(/C(=O)OC)N(C)C. The Balaban J connectivity index is 4.34. The van der Waals surface area contributed by atoms with Gasteiger partial charge in [0.05, 0.1) is 7.11 Å². The molecule has 0 N–H and O–H groups in total. The van der Waals surface area contributed by atoms with Crippen LogP contribution in [0, 0.1) is 0 Å². The second-order valence-electron chi connectivity index (χ2n) is 2.38. The zero-order valence-electron chi connectivity index (χ0n) is 7.55. The number of ether oxygens (including phenoxy) is 1. The van der Waals surface area contributed by atoms with E-state index in [1.54, 1.807) is 4.90 Å². The van der Waals surface area contributed by atoms with E-state index in [2.05, 4.69) is 4.74 Å². The predicted molar refractivity (Wildman–Crippen MR) is 44.1 cm³/mol. The summed E-state index contributed by atoms with van der Waals surface area (Å²) in [7, 11) is 5.02. The summed E-state index contributed by atoms with van der Waals surface area (Å²) >= 11 is 0. The average Bonchev–Trinajstić information content (AvgIpc) is 1.98. The summed E-state index contributed by atoms with van der Waals surface area (Å²) in [5.41, 5.74) is 0.606. The lowest BCUT2D eigenvalue weighted by molar-refractivity contribution is -0.137. The van der Waals surface area contributed by atoms with E-state index in [1.165, 1.54) is 7.11 Å². The third kappa shape index (κ3) is 3.07. The van der Waals surface area contributed by atoms with Crippen LogP contribution in [0.3, 0.4) is 0 Å². The summed E-state index contributed by atoms with van der Waals surface area (Å²) in [5.74, 6) is -0.281. The average molecular weight is 157 g/mol. The van der Waals surface area contributed by atoms with Crippen molar-refractivity contribution < 1.29 is 9.53 Å². The van der Waals surface area contributed by atoms with Gasteiger partial charge in [-0.3, -0.25) is 0 Å². The smallest absolute Gasteiger partial charge is 0.353 e. The molecule has 0 atom stereocenters. The van der Waals surface area contributed by atoms with E-state index in [9.17, 15) is 4.79 Å². The highest BCUT2D eigenvalue weighted by molar-refractivity contribution is 5.87. The molecule has 0 rings (SSSR count). The first-order valence-electron chi connectivity index (χ1n) is 3.59. The van der Waals surface area contributed by atoms with Gasteiger partial charge in [0.25, 0.3) is 0 Å². The van der Waals surface area contributed by atoms with Gasteiger partial charge in [0, 0.05) is 14.1 Å². The molecular formula is C8H15NO2. The topological polar surface area (TPSA) is 29.5 Å². The van der Waals surface area contributed by atoms with Gasteiger partial charge in [-0.25, -0.2) is 4.79 Å². The summed E-state index contributed by atoms with van der Waals surface area (Å²) in [5, 5.41) is 0. The molecule has 0 spiro atoms. The van der Waals surface area contributed by atoms with Crippen molar-refractivity contribution in [2.45, 2.75) is 13.3 Å². The van der Waals surface area contributed by atoms with Gasteiger partial charge in [-0.15, -0.1) is 0 Å². The Morgan fingerprint density at radius 2 is 2.09 bits per heavy atom. The largest absolute Gasteiger partial charge is 0.464 e. The minimum Gasteiger partial charge on any atom is -0.464 e. The van der Waals surface area contributed by atoms with Crippen LogP contribution in [-0.2, 0) is 9.53 Å². The molecular weight excluding hydrogens is 142 g/mol. The van der Waals surface area contributed by atoms with Crippen LogP contribution >= 0.6 is 0 Å².